The Morgan fingerprint density at radius 1 is 1.30 bits per heavy atom. The number of aromatic nitrogens is 1. The van der Waals surface area contributed by atoms with Crippen LogP contribution in [0.5, 0.6) is 11.6 Å². The van der Waals surface area contributed by atoms with Gasteiger partial charge < -0.3 is 9.47 Å². The van der Waals surface area contributed by atoms with Gasteiger partial charge in [-0.05, 0) is 31.5 Å². The van der Waals surface area contributed by atoms with Crippen LogP contribution in [0, 0.1) is 12.7 Å². The van der Waals surface area contributed by atoms with Crippen molar-refractivity contribution in [2.24, 2.45) is 0 Å². The summed E-state index contributed by atoms with van der Waals surface area (Å²) in [6.07, 6.45) is 1.36. The predicted octanol–water partition coefficient (Wildman–Crippen LogP) is 3.50. The average molecular weight is 275 g/mol. The highest BCUT2D eigenvalue weighted by Gasteiger charge is 2.08. The Labute approximate surface area is 116 Å². The number of esters is 1. The van der Waals surface area contributed by atoms with E-state index in [-0.39, 0.29) is 11.7 Å². The molecule has 0 spiro atoms. The summed E-state index contributed by atoms with van der Waals surface area (Å²) in [5.41, 5.74) is 0.886. The van der Waals surface area contributed by atoms with Crippen molar-refractivity contribution in [2.45, 2.75) is 13.8 Å². The van der Waals surface area contributed by atoms with E-state index in [0.717, 1.165) is 0 Å². The Morgan fingerprint density at radius 3 is 2.70 bits per heavy atom. The van der Waals surface area contributed by atoms with Crippen molar-refractivity contribution < 1.29 is 18.7 Å². The maximum absolute atomic E-state index is 13.4. The van der Waals surface area contributed by atoms with E-state index in [2.05, 4.69) is 4.98 Å². The lowest BCUT2D eigenvalue weighted by Crippen LogP contribution is -2.04. The second kappa shape index (κ2) is 6.14. The van der Waals surface area contributed by atoms with Crippen molar-refractivity contribution in [3.63, 3.8) is 0 Å². The van der Waals surface area contributed by atoms with Crippen LogP contribution >= 0.6 is 0 Å². The fourth-order valence-corrected chi connectivity index (χ4v) is 1.53. The first-order valence-corrected chi connectivity index (χ1v) is 6.17. The molecule has 0 N–H and O–H groups in total. The molecule has 2 rings (SSSR count). The van der Waals surface area contributed by atoms with E-state index in [4.69, 9.17) is 9.47 Å². The molecule has 5 heteroatoms. The van der Waals surface area contributed by atoms with Gasteiger partial charge in [0.2, 0.25) is 5.88 Å². The molecule has 0 unspecified atom stereocenters. The number of hydrogen-bond acceptors (Lipinski definition) is 4. The van der Waals surface area contributed by atoms with E-state index in [9.17, 15) is 9.18 Å². The number of carbonyl (C=O) groups excluding carboxylic acids is 1. The molecule has 0 atom stereocenters. The molecule has 0 aliphatic heterocycles. The second-order valence-electron chi connectivity index (χ2n) is 4.12. The minimum atomic E-state index is -0.437. The van der Waals surface area contributed by atoms with E-state index in [1.807, 2.05) is 0 Å². The first-order chi connectivity index (χ1) is 9.60. The molecule has 0 fully saturated rings. The first kappa shape index (κ1) is 14.0. The average Bonchev–Trinajstić information content (AvgIpc) is 2.44. The summed E-state index contributed by atoms with van der Waals surface area (Å²) in [5.74, 6) is -0.149. The van der Waals surface area contributed by atoms with Gasteiger partial charge in [-0.1, -0.05) is 6.07 Å². The van der Waals surface area contributed by atoms with Crippen molar-refractivity contribution in [1.82, 2.24) is 4.98 Å². The number of rotatable bonds is 4. The first-order valence-electron chi connectivity index (χ1n) is 6.17. The number of benzene rings is 1. The van der Waals surface area contributed by atoms with Crippen LogP contribution in [0.25, 0.3) is 0 Å². The van der Waals surface area contributed by atoms with E-state index < -0.39 is 5.97 Å². The van der Waals surface area contributed by atoms with Crippen LogP contribution in [0.2, 0.25) is 0 Å². The third-order valence-electron chi connectivity index (χ3n) is 2.61. The van der Waals surface area contributed by atoms with Crippen LogP contribution in [-0.2, 0) is 4.74 Å². The lowest BCUT2D eigenvalue weighted by Gasteiger charge is -2.06. The third-order valence-corrected chi connectivity index (χ3v) is 2.61. The molecule has 0 bridgehead atoms. The Morgan fingerprint density at radius 2 is 2.10 bits per heavy atom. The highest BCUT2D eigenvalue weighted by Crippen LogP contribution is 2.21. The molecule has 0 radical (unpaired) electrons. The van der Waals surface area contributed by atoms with Crippen molar-refractivity contribution in [2.75, 3.05) is 6.61 Å². The normalized spacial score (nSPS) is 10.2. The molecule has 20 heavy (non-hydrogen) atoms. The van der Waals surface area contributed by atoms with E-state index in [1.165, 1.54) is 18.3 Å². The van der Waals surface area contributed by atoms with Crippen molar-refractivity contribution in [3.05, 3.63) is 53.5 Å². The predicted molar refractivity (Wildman–Crippen MR) is 71.4 cm³/mol. The second-order valence-corrected chi connectivity index (χ2v) is 4.12. The number of nitrogens with zero attached hydrogens (tertiary/aromatic N) is 1. The van der Waals surface area contributed by atoms with Gasteiger partial charge in [-0.15, -0.1) is 0 Å². The van der Waals surface area contributed by atoms with Crippen LogP contribution in [0.4, 0.5) is 4.39 Å². The lowest BCUT2D eigenvalue weighted by molar-refractivity contribution is 0.0526. The molecule has 0 aliphatic rings. The number of hydrogen-bond donors (Lipinski definition) is 0. The summed E-state index contributed by atoms with van der Waals surface area (Å²) in [4.78, 5) is 15.4. The summed E-state index contributed by atoms with van der Waals surface area (Å²) in [6, 6.07) is 7.64. The van der Waals surface area contributed by atoms with Gasteiger partial charge in [0.05, 0.1) is 12.2 Å². The highest BCUT2D eigenvalue weighted by atomic mass is 19.1. The summed E-state index contributed by atoms with van der Waals surface area (Å²) >= 11 is 0. The van der Waals surface area contributed by atoms with E-state index in [0.29, 0.717) is 23.5 Å². The topological polar surface area (TPSA) is 48.4 Å². The Balaban J connectivity index is 2.10. The molecule has 0 saturated heterocycles. The number of pyridine rings is 1. The van der Waals surface area contributed by atoms with E-state index >= 15 is 0 Å². The van der Waals surface area contributed by atoms with Gasteiger partial charge in [-0.2, -0.15) is 0 Å². The molecule has 0 aliphatic carbocycles. The van der Waals surface area contributed by atoms with Gasteiger partial charge in [0.15, 0.2) is 0 Å². The van der Waals surface area contributed by atoms with Crippen molar-refractivity contribution in [1.29, 1.82) is 0 Å². The Bertz CT molecular complexity index is 611. The van der Waals surface area contributed by atoms with Gasteiger partial charge >= 0.3 is 5.97 Å². The van der Waals surface area contributed by atoms with Crippen molar-refractivity contribution >= 4 is 5.97 Å². The molecule has 104 valence electrons. The van der Waals surface area contributed by atoms with Crippen LogP contribution in [0.3, 0.4) is 0 Å². The van der Waals surface area contributed by atoms with E-state index in [1.54, 1.807) is 32.0 Å². The molecule has 0 saturated carbocycles. The lowest BCUT2D eigenvalue weighted by atomic mass is 10.2. The summed E-state index contributed by atoms with van der Waals surface area (Å²) in [6.45, 7) is 3.71. The maximum Gasteiger partial charge on any atom is 0.339 e. The maximum atomic E-state index is 13.4. The fourth-order valence-electron chi connectivity index (χ4n) is 1.53. The number of aryl methyl sites for hydroxylation is 1. The van der Waals surface area contributed by atoms with Crippen LogP contribution < -0.4 is 4.74 Å². The molecule has 4 nitrogen and oxygen atoms in total. The fraction of sp³-hybridized carbons (Fsp3) is 0.200. The smallest absolute Gasteiger partial charge is 0.339 e. The number of halogens is 1. The minimum absolute atomic E-state index is 0.279. The van der Waals surface area contributed by atoms with Crippen LogP contribution in [0.1, 0.15) is 22.8 Å². The summed E-state index contributed by atoms with van der Waals surface area (Å²) in [5, 5.41) is 0. The van der Waals surface area contributed by atoms with Gasteiger partial charge in [0.25, 0.3) is 0 Å². The Hall–Kier alpha value is -2.43. The zero-order valence-electron chi connectivity index (χ0n) is 11.2. The SMILES string of the molecule is CCOC(=O)c1ccc(Oc2ccc(C)c(F)c2)nc1. The van der Waals surface area contributed by atoms with Gasteiger partial charge in [0, 0.05) is 18.3 Å². The number of carbonyl (C=O) groups is 1. The zero-order chi connectivity index (χ0) is 14.5. The standard InChI is InChI=1S/C15H14FNO3/c1-3-19-15(18)11-5-7-14(17-9-11)20-12-6-4-10(2)13(16)8-12/h4-9H,3H2,1-2H3. The largest absolute Gasteiger partial charge is 0.462 e. The molecule has 0 amide bonds. The molecule has 2 aromatic rings. The van der Waals surface area contributed by atoms with Gasteiger partial charge in [-0.25, -0.2) is 14.2 Å². The minimum Gasteiger partial charge on any atom is -0.462 e. The zero-order valence-corrected chi connectivity index (χ0v) is 11.2. The van der Waals surface area contributed by atoms with Crippen LogP contribution in [-0.4, -0.2) is 17.6 Å². The summed E-state index contributed by atoms with van der Waals surface area (Å²) < 4.78 is 23.6. The molecule has 1 aromatic heterocycles. The van der Waals surface area contributed by atoms with Gasteiger partial charge in [0.1, 0.15) is 11.6 Å². The molecule has 1 aromatic carbocycles. The number of ether oxygens (including phenoxy) is 2. The Kier molecular flexibility index (Phi) is 4.30. The monoisotopic (exact) mass is 275 g/mol. The molecular weight excluding hydrogens is 261 g/mol. The van der Waals surface area contributed by atoms with Gasteiger partial charge in [-0.3, -0.25) is 0 Å². The van der Waals surface area contributed by atoms with Crippen molar-refractivity contribution in [3.8, 4) is 11.6 Å². The summed E-state index contributed by atoms with van der Waals surface area (Å²) in [7, 11) is 0. The quantitative estimate of drug-likeness (QED) is 0.801. The third kappa shape index (κ3) is 3.32. The molecule has 1 heterocycles. The highest BCUT2D eigenvalue weighted by molar-refractivity contribution is 5.89. The van der Waals surface area contributed by atoms with Crippen LogP contribution in [0.15, 0.2) is 36.5 Å². The molecular formula is C15H14FNO3.